The van der Waals surface area contributed by atoms with Crippen LogP contribution in [0, 0.1) is 0 Å². The Bertz CT molecular complexity index is 560. The van der Waals surface area contributed by atoms with Gasteiger partial charge in [0.15, 0.2) is 0 Å². The van der Waals surface area contributed by atoms with Gasteiger partial charge in [0, 0.05) is 18.5 Å². The third-order valence-electron chi connectivity index (χ3n) is 2.80. The Morgan fingerprint density at radius 3 is 2.90 bits per heavy atom. The van der Waals surface area contributed by atoms with Crippen LogP contribution in [0.4, 0.5) is 11.9 Å². The fraction of sp³-hybridized carbons (Fsp3) is 0.455. The van der Waals surface area contributed by atoms with Crippen LogP contribution < -0.4 is 10.2 Å². The van der Waals surface area contributed by atoms with Gasteiger partial charge in [-0.1, -0.05) is 0 Å². The number of hydrogen-bond donors (Lipinski definition) is 1. The SMILES string of the molecule is Clc1nc(NCc2cscn2)nc(N2CCOCC2)n1. The van der Waals surface area contributed by atoms with Crippen LogP contribution in [0.1, 0.15) is 5.69 Å². The lowest BCUT2D eigenvalue weighted by Crippen LogP contribution is -2.37. The van der Waals surface area contributed by atoms with Gasteiger partial charge < -0.3 is 15.0 Å². The zero-order chi connectivity index (χ0) is 13.8. The first-order valence-electron chi connectivity index (χ1n) is 6.16. The van der Waals surface area contributed by atoms with E-state index in [0.717, 1.165) is 18.8 Å². The summed E-state index contributed by atoms with van der Waals surface area (Å²) in [6.45, 7) is 3.42. The third kappa shape index (κ3) is 3.33. The summed E-state index contributed by atoms with van der Waals surface area (Å²) in [5.74, 6) is 1.04. The maximum Gasteiger partial charge on any atom is 0.231 e. The first-order valence-corrected chi connectivity index (χ1v) is 7.48. The summed E-state index contributed by atoms with van der Waals surface area (Å²) in [6.07, 6.45) is 0. The van der Waals surface area contributed by atoms with E-state index < -0.39 is 0 Å². The molecule has 1 saturated heterocycles. The van der Waals surface area contributed by atoms with Crippen LogP contribution in [0.25, 0.3) is 0 Å². The molecule has 2 aromatic rings. The number of hydrogen-bond acceptors (Lipinski definition) is 8. The van der Waals surface area contributed by atoms with E-state index >= 15 is 0 Å². The molecule has 0 amide bonds. The molecule has 9 heteroatoms. The Kier molecular flexibility index (Phi) is 4.24. The van der Waals surface area contributed by atoms with Gasteiger partial charge in [-0.3, -0.25) is 0 Å². The van der Waals surface area contributed by atoms with Crippen molar-refractivity contribution in [3.8, 4) is 0 Å². The number of nitrogens with zero attached hydrogens (tertiary/aromatic N) is 5. The highest BCUT2D eigenvalue weighted by atomic mass is 35.5. The van der Waals surface area contributed by atoms with Gasteiger partial charge >= 0.3 is 0 Å². The van der Waals surface area contributed by atoms with Gasteiger partial charge in [0.05, 0.1) is 31.0 Å². The number of aromatic nitrogens is 4. The highest BCUT2D eigenvalue weighted by Gasteiger charge is 2.16. The largest absolute Gasteiger partial charge is 0.378 e. The van der Waals surface area contributed by atoms with Crippen molar-refractivity contribution in [2.24, 2.45) is 0 Å². The molecule has 1 aliphatic rings. The molecule has 0 spiro atoms. The van der Waals surface area contributed by atoms with E-state index in [9.17, 15) is 0 Å². The number of rotatable bonds is 4. The smallest absolute Gasteiger partial charge is 0.231 e. The minimum atomic E-state index is 0.183. The predicted molar refractivity (Wildman–Crippen MR) is 77.3 cm³/mol. The van der Waals surface area contributed by atoms with Crippen molar-refractivity contribution >= 4 is 34.8 Å². The van der Waals surface area contributed by atoms with Gasteiger partial charge in [0.25, 0.3) is 0 Å². The van der Waals surface area contributed by atoms with E-state index in [0.29, 0.717) is 31.7 Å². The van der Waals surface area contributed by atoms with Crippen LogP contribution >= 0.6 is 22.9 Å². The summed E-state index contributed by atoms with van der Waals surface area (Å²) in [5.41, 5.74) is 2.73. The van der Waals surface area contributed by atoms with Crippen molar-refractivity contribution in [1.29, 1.82) is 0 Å². The van der Waals surface area contributed by atoms with E-state index in [-0.39, 0.29) is 5.28 Å². The molecule has 7 nitrogen and oxygen atoms in total. The van der Waals surface area contributed by atoms with E-state index in [1.54, 1.807) is 16.8 Å². The zero-order valence-electron chi connectivity index (χ0n) is 10.6. The Labute approximate surface area is 125 Å². The molecule has 3 heterocycles. The van der Waals surface area contributed by atoms with E-state index in [2.05, 4.69) is 25.3 Å². The average Bonchev–Trinajstić information content (AvgIpc) is 2.99. The van der Waals surface area contributed by atoms with Crippen LogP contribution in [-0.2, 0) is 11.3 Å². The fourth-order valence-electron chi connectivity index (χ4n) is 1.82. The average molecular weight is 313 g/mol. The monoisotopic (exact) mass is 312 g/mol. The molecule has 0 unspecified atom stereocenters. The maximum atomic E-state index is 5.96. The minimum absolute atomic E-state index is 0.183. The van der Waals surface area contributed by atoms with Gasteiger partial charge in [0.1, 0.15) is 0 Å². The maximum absolute atomic E-state index is 5.96. The lowest BCUT2D eigenvalue weighted by Gasteiger charge is -2.26. The summed E-state index contributed by atoms with van der Waals surface area (Å²) in [5, 5.41) is 5.26. The normalized spacial score (nSPS) is 15.3. The Morgan fingerprint density at radius 2 is 2.15 bits per heavy atom. The molecule has 0 saturated carbocycles. The molecule has 0 aliphatic carbocycles. The molecule has 1 fully saturated rings. The van der Waals surface area contributed by atoms with Crippen LogP contribution in [0.15, 0.2) is 10.9 Å². The van der Waals surface area contributed by atoms with Crippen molar-refractivity contribution < 1.29 is 4.74 Å². The number of morpholine rings is 1. The number of halogens is 1. The standard InChI is InChI=1S/C11H13ClN6OS/c12-9-15-10(13-5-8-6-20-7-14-8)17-11(16-9)18-1-3-19-4-2-18/h6-7H,1-5H2,(H,13,15,16,17). The lowest BCUT2D eigenvalue weighted by atomic mass is 10.4. The quantitative estimate of drug-likeness (QED) is 0.915. The molecule has 0 aromatic carbocycles. The second kappa shape index (κ2) is 6.29. The Hall–Kier alpha value is -1.51. The number of nitrogens with one attached hydrogen (secondary N) is 1. The highest BCUT2D eigenvalue weighted by Crippen LogP contribution is 2.15. The predicted octanol–water partition coefficient (Wildman–Crippen LogP) is 1.43. The van der Waals surface area contributed by atoms with E-state index in [4.69, 9.17) is 16.3 Å². The molecular formula is C11H13ClN6OS. The van der Waals surface area contributed by atoms with Crippen LogP contribution in [0.2, 0.25) is 5.28 Å². The lowest BCUT2D eigenvalue weighted by molar-refractivity contribution is 0.122. The fourth-order valence-corrected chi connectivity index (χ4v) is 2.53. The summed E-state index contributed by atoms with van der Waals surface area (Å²) in [7, 11) is 0. The Balaban J connectivity index is 1.72. The molecule has 1 aliphatic heterocycles. The molecule has 20 heavy (non-hydrogen) atoms. The molecule has 106 valence electrons. The molecule has 0 atom stereocenters. The van der Waals surface area contributed by atoms with Gasteiger partial charge in [-0.05, 0) is 11.6 Å². The molecule has 2 aromatic heterocycles. The zero-order valence-corrected chi connectivity index (χ0v) is 12.2. The molecule has 1 N–H and O–H groups in total. The third-order valence-corrected chi connectivity index (χ3v) is 3.61. The molecule has 0 radical (unpaired) electrons. The molecular weight excluding hydrogens is 300 g/mol. The highest BCUT2D eigenvalue weighted by molar-refractivity contribution is 7.07. The van der Waals surface area contributed by atoms with Crippen molar-refractivity contribution in [3.05, 3.63) is 21.9 Å². The summed E-state index contributed by atoms with van der Waals surface area (Å²) >= 11 is 7.51. The number of thiazole rings is 1. The summed E-state index contributed by atoms with van der Waals surface area (Å²) < 4.78 is 5.31. The van der Waals surface area contributed by atoms with Crippen LogP contribution in [-0.4, -0.2) is 46.2 Å². The molecule has 3 rings (SSSR count). The first kappa shape index (κ1) is 13.5. The number of anilines is 2. The summed E-state index contributed by atoms with van der Waals surface area (Å²) in [4.78, 5) is 18.8. The Morgan fingerprint density at radius 1 is 1.30 bits per heavy atom. The van der Waals surface area contributed by atoms with Crippen LogP contribution in [0.5, 0.6) is 0 Å². The van der Waals surface area contributed by atoms with Gasteiger partial charge in [-0.15, -0.1) is 11.3 Å². The van der Waals surface area contributed by atoms with E-state index in [1.165, 1.54) is 0 Å². The van der Waals surface area contributed by atoms with E-state index in [1.807, 2.05) is 10.3 Å². The van der Waals surface area contributed by atoms with Gasteiger partial charge in [-0.25, -0.2) is 4.98 Å². The van der Waals surface area contributed by atoms with Crippen LogP contribution in [0.3, 0.4) is 0 Å². The first-order chi connectivity index (χ1) is 9.81. The minimum Gasteiger partial charge on any atom is -0.378 e. The van der Waals surface area contributed by atoms with Crippen molar-refractivity contribution in [1.82, 2.24) is 19.9 Å². The molecule has 0 bridgehead atoms. The van der Waals surface area contributed by atoms with Crippen molar-refractivity contribution in [2.45, 2.75) is 6.54 Å². The van der Waals surface area contributed by atoms with Gasteiger partial charge in [-0.2, -0.15) is 15.0 Å². The van der Waals surface area contributed by atoms with Crippen molar-refractivity contribution in [2.75, 3.05) is 36.5 Å². The summed E-state index contributed by atoms with van der Waals surface area (Å²) in [6, 6.07) is 0. The topological polar surface area (TPSA) is 76.1 Å². The second-order valence-corrected chi connectivity index (χ2v) is 5.22. The van der Waals surface area contributed by atoms with Crippen molar-refractivity contribution in [3.63, 3.8) is 0 Å². The second-order valence-electron chi connectivity index (χ2n) is 4.16. The van der Waals surface area contributed by atoms with Gasteiger partial charge in [0.2, 0.25) is 17.2 Å². The number of ether oxygens (including phenoxy) is 1.